The summed E-state index contributed by atoms with van der Waals surface area (Å²) in [5.74, 6) is 1.25. The van der Waals surface area contributed by atoms with Crippen molar-refractivity contribution in [3.63, 3.8) is 0 Å². The van der Waals surface area contributed by atoms with E-state index in [4.69, 9.17) is 14.2 Å². The molecular formula is C21H16N2O4S. The number of carbonyl (C=O) groups is 1. The van der Waals surface area contributed by atoms with Crippen LogP contribution in [0.15, 0.2) is 70.1 Å². The molecule has 0 radical (unpaired) electrons. The number of cyclic esters (lactones) is 1. The largest absolute Gasteiger partial charge is 0.497 e. The highest BCUT2D eigenvalue weighted by molar-refractivity contribution is 7.07. The van der Waals surface area contributed by atoms with E-state index >= 15 is 0 Å². The van der Waals surface area contributed by atoms with Gasteiger partial charge < -0.3 is 14.2 Å². The average Bonchev–Trinajstić information content (AvgIpc) is 3.38. The number of nitrogens with zero attached hydrogens (tertiary/aromatic N) is 2. The minimum absolute atomic E-state index is 0.252. The summed E-state index contributed by atoms with van der Waals surface area (Å²) in [5, 5.41) is 1.95. The summed E-state index contributed by atoms with van der Waals surface area (Å²) >= 11 is 1.53. The zero-order valence-corrected chi connectivity index (χ0v) is 15.8. The van der Waals surface area contributed by atoms with Gasteiger partial charge in [0.05, 0.1) is 18.3 Å². The summed E-state index contributed by atoms with van der Waals surface area (Å²) in [4.78, 5) is 20.6. The molecule has 0 saturated heterocycles. The van der Waals surface area contributed by atoms with Gasteiger partial charge in [-0.3, -0.25) is 0 Å². The molecule has 0 atom stereocenters. The van der Waals surface area contributed by atoms with Crippen LogP contribution in [0.4, 0.5) is 0 Å². The molecule has 7 heteroatoms. The molecule has 0 bridgehead atoms. The molecule has 0 amide bonds. The lowest BCUT2D eigenvalue weighted by Gasteiger charge is -2.04. The first-order chi connectivity index (χ1) is 13.7. The number of benzene rings is 2. The van der Waals surface area contributed by atoms with E-state index in [0.717, 1.165) is 22.8 Å². The Morgan fingerprint density at radius 2 is 1.82 bits per heavy atom. The maximum Gasteiger partial charge on any atom is 0.363 e. The van der Waals surface area contributed by atoms with Crippen molar-refractivity contribution in [3.05, 3.63) is 81.9 Å². The Bertz CT molecular complexity index is 1020. The summed E-state index contributed by atoms with van der Waals surface area (Å²) in [7, 11) is 1.60. The van der Waals surface area contributed by atoms with Crippen molar-refractivity contribution in [2.24, 2.45) is 4.99 Å². The van der Waals surface area contributed by atoms with Crippen LogP contribution in [0, 0.1) is 0 Å². The molecule has 2 aromatic carbocycles. The second-order valence-corrected chi connectivity index (χ2v) is 6.62. The van der Waals surface area contributed by atoms with Crippen molar-refractivity contribution in [3.8, 4) is 11.5 Å². The molecule has 0 unspecified atom stereocenters. The van der Waals surface area contributed by atoms with Gasteiger partial charge in [-0.05, 0) is 48.0 Å². The lowest BCUT2D eigenvalue weighted by Crippen LogP contribution is -2.05. The van der Waals surface area contributed by atoms with Crippen LogP contribution in [0.3, 0.4) is 0 Å². The number of methoxy groups -OCH3 is 1. The molecule has 2 heterocycles. The molecule has 6 nitrogen and oxygen atoms in total. The number of hydrogen-bond acceptors (Lipinski definition) is 7. The van der Waals surface area contributed by atoms with Gasteiger partial charge in [0.1, 0.15) is 18.1 Å². The number of ether oxygens (including phenoxy) is 3. The molecule has 1 aliphatic heterocycles. The van der Waals surface area contributed by atoms with Crippen molar-refractivity contribution < 1.29 is 19.0 Å². The second kappa shape index (κ2) is 8.06. The number of aromatic nitrogens is 1. The molecule has 1 aliphatic rings. The summed E-state index contributed by atoms with van der Waals surface area (Å²) in [6.45, 7) is 0.422. The second-order valence-electron chi connectivity index (χ2n) is 5.90. The fourth-order valence-corrected chi connectivity index (χ4v) is 3.09. The third kappa shape index (κ3) is 4.10. The van der Waals surface area contributed by atoms with Crippen LogP contribution in [0.1, 0.15) is 16.8 Å². The third-order valence-electron chi connectivity index (χ3n) is 4.01. The van der Waals surface area contributed by atoms with Gasteiger partial charge in [0.2, 0.25) is 5.90 Å². The molecule has 0 aliphatic carbocycles. The van der Waals surface area contributed by atoms with E-state index in [0.29, 0.717) is 12.2 Å². The highest BCUT2D eigenvalue weighted by atomic mass is 32.1. The monoisotopic (exact) mass is 392 g/mol. The number of esters is 1. The number of rotatable bonds is 6. The minimum atomic E-state index is -0.477. The lowest BCUT2D eigenvalue weighted by molar-refractivity contribution is -0.129. The van der Waals surface area contributed by atoms with Crippen LogP contribution in [-0.4, -0.2) is 24.0 Å². The van der Waals surface area contributed by atoms with E-state index < -0.39 is 5.97 Å². The van der Waals surface area contributed by atoms with Crippen molar-refractivity contribution in [2.75, 3.05) is 7.11 Å². The van der Waals surface area contributed by atoms with E-state index in [9.17, 15) is 4.79 Å². The number of aliphatic imine (C=N–C) groups is 1. The lowest BCUT2D eigenvalue weighted by atomic mass is 10.2. The summed E-state index contributed by atoms with van der Waals surface area (Å²) in [5.41, 5.74) is 4.46. The summed E-state index contributed by atoms with van der Waals surface area (Å²) in [6.07, 6.45) is 1.68. The minimum Gasteiger partial charge on any atom is -0.497 e. The van der Waals surface area contributed by atoms with E-state index in [1.807, 2.05) is 29.6 Å². The Balaban J connectivity index is 1.46. The first-order valence-corrected chi connectivity index (χ1v) is 9.42. The third-order valence-corrected chi connectivity index (χ3v) is 4.65. The smallest absolute Gasteiger partial charge is 0.363 e. The average molecular weight is 392 g/mol. The van der Waals surface area contributed by atoms with Gasteiger partial charge in [0.25, 0.3) is 0 Å². The molecule has 1 aromatic heterocycles. The first kappa shape index (κ1) is 17.9. The van der Waals surface area contributed by atoms with Gasteiger partial charge in [0.15, 0.2) is 5.70 Å². The zero-order valence-electron chi connectivity index (χ0n) is 15.0. The van der Waals surface area contributed by atoms with Crippen molar-refractivity contribution >= 4 is 29.3 Å². The molecule has 0 fully saturated rings. The predicted octanol–water partition coefficient (Wildman–Crippen LogP) is 4.08. The standard InChI is InChI=1S/C21H16N2O4S/c1-25-17-8-4-15(5-9-17)20-23-19(21(24)27-20)10-14-2-6-18(7-3-14)26-11-16-12-28-13-22-16/h2-10,12-13H,11H2,1H3. The Labute approximate surface area is 165 Å². The maximum absolute atomic E-state index is 12.1. The Kier molecular flexibility index (Phi) is 5.16. The maximum atomic E-state index is 12.1. The molecule has 0 N–H and O–H groups in total. The van der Waals surface area contributed by atoms with Gasteiger partial charge >= 0.3 is 5.97 Å². The number of thiazole rings is 1. The SMILES string of the molecule is COc1ccc(C2=NC(=Cc3ccc(OCc4cscn4)cc3)C(=O)O2)cc1. The van der Waals surface area contributed by atoms with Crippen molar-refractivity contribution in [1.29, 1.82) is 0 Å². The Morgan fingerprint density at radius 1 is 1.07 bits per heavy atom. The Morgan fingerprint density at radius 3 is 2.50 bits per heavy atom. The van der Waals surface area contributed by atoms with Gasteiger partial charge in [-0.1, -0.05) is 12.1 Å². The highest BCUT2D eigenvalue weighted by Gasteiger charge is 2.24. The topological polar surface area (TPSA) is 70.0 Å². The van der Waals surface area contributed by atoms with Crippen LogP contribution in [0.25, 0.3) is 6.08 Å². The van der Waals surface area contributed by atoms with Gasteiger partial charge in [0, 0.05) is 10.9 Å². The summed E-state index contributed by atoms with van der Waals surface area (Å²) in [6, 6.07) is 14.6. The van der Waals surface area contributed by atoms with Gasteiger partial charge in [-0.25, -0.2) is 14.8 Å². The quantitative estimate of drug-likeness (QED) is 0.467. The molecule has 0 saturated carbocycles. The fourth-order valence-electron chi connectivity index (χ4n) is 2.55. The number of hydrogen-bond donors (Lipinski definition) is 0. The van der Waals surface area contributed by atoms with Gasteiger partial charge in [-0.2, -0.15) is 0 Å². The van der Waals surface area contributed by atoms with Crippen LogP contribution in [-0.2, 0) is 16.1 Å². The van der Waals surface area contributed by atoms with E-state index in [-0.39, 0.29) is 11.6 Å². The first-order valence-electron chi connectivity index (χ1n) is 8.48. The highest BCUT2D eigenvalue weighted by Crippen LogP contribution is 2.22. The molecule has 28 heavy (non-hydrogen) atoms. The molecular weight excluding hydrogens is 376 g/mol. The molecule has 140 valence electrons. The normalized spacial score (nSPS) is 14.7. The van der Waals surface area contributed by atoms with E-state index in [1.54, 1.807) is 43.0 Å². The van der Waals surface area contributed by atoms with Crippen LogP contribution < -0.4 is 9.47 Å². The molecule has 4 rings (SSSR count). The van der Waals surface area contributed by atoms with E-state index in [1.165, 1.54) is 11.3 Å². The molecule has 3 aromatic rings. The zero-order chi connectivity index (χ0) is 19.3. The number of carbonyl (C=O) groups excluding carboxylic acids is 1. The Hall–Kier alpha value is -3.45. The van der Waals surface area contributed by atoms with Crippen LogP contribution in [0.2, 0.25) is 0 Å². The van der Waals surface area contributed by atoms with Crippen molar-refractivity contribution in [1.82, 2.24) is 4.98 Å². The predicted molar refractivity (Wildman–Crippen MR) is 106 cm³/mol. The van der Waals surface area contributed by atoms with Crippen molar-refractivity contribution in [2.45, 2.75) is 6.61 Å². The van der Waals surface area contributed by atoms with Gasteiger partial charge in [-0.15, -0.1) is 11.3 Å². The van der Waals surface area contributed by atoms with Crippen LogP contribution in [0.5, 0.6) is 11.5 Å². The molecule has 0 spiro atoms. The fraction of sp³-hybridized carbons (Fsp3) is 0.0952. The van der Waals surface area contributed by atoms with Crippen LogP contribution >= 0.6 is 11.3 Å². The van der Waals surface area contributed by atoms with E-state index in [2.05, 4.69) is 9.98 Å². The summed E-state index contributed by atoms with van der Waals surface area (Å²) < 4.78 is 16.1.